The van der Waals surface area contributed by atoms with Crippen LogP contribution in [0, 0.1) is 5.82 Å². The van der Waals surface area contributed by atoms with Gasteiger partial charge in [0.2, 0.25) is 0 Å². The van der Waals surface area contributed by atoms with Crippen molar-refractivity contribution in [1.29, 1.82) is 0 Å². The molecule has 1 heterocycles. The summed E-state index contributed by atoms with van der Waals surface area (Å²) in [5.74, 6) is -0.290. The molecule has 0 aliphatic heterocycles. The van der Waals surface area contributed by atoms with E-state index in [1.807, 2.05) is 35.0 Å². The van der Waals surface area contributed by atoms with Gasteiger partial charge in [-0.1, -0.05) is 23.8 Å². The van der Waals surface area contributed by atoms with Crippen LogP contribution >= 0.6 is 23.8 Å². The van der Waals surface area contributed by atoms with Crippen molar-refractivity contribution in [2.45, 2.75) is 6.54 Å². The molecule has 0 aliphatic rings. The normalized spacial score (nSPS) is 11.0. The number of benzene rings is 2. The number of thiocarbonyl (C=S) groups is 1. The van der Waals surface area contributed by atoms with Crippen LogP contribution in [0.25, 0.3) is 10.9 Å². The molecule has 5 heteroatoms. The topological polar surface area (TPSA) is 30.9 Å². The molecule has 21 heavy (non-hydrogen) atoms. The Labute approximate surface area is 131 Å². The summed E-state index contributed by atoms with van der Waals surface area (Å²) in [6, 6.07) is 12.1. The maximum atomic E-state index is 13.3. The number of hydrogen-bond donors (Lipinski definition) is 1. The van der Waals surface area contributed by atoms with E-state index in [-0.39, 0.29) is 5.82 Å². The van der Waals surface area contributed by atoms with Gasteiger partial charge in [-0.3, -0.25) is 0 Å². The standard InChI is InChI=1S/C16H12ClFN2S/c17-14-3-2-13(18)8-12(14)9-20-6-5-10-7-11(16(19)21)1-4-15(10)20/h1-8H,9H2,(H2,19,21). The Hall–Kier alpha value is -1.91. The Balaban J connectivity index is 2.01. The van der Waals surface area contributed by atoms with Gasteiger partial charge in [0, 0.05) is 34.2 Å². The third-order valence-corrected chi connectivity index (χ3v) is 4.01. The monoisotopic (exact) mass is 318 g/mol. The number of halogens is 2. The highest BCUT2D eigenvalue weighted by atomic mass is 35.5. The molecule has 0 amide bonds. The second-order valence-electron chi connectivity index (χ2n) is 4.82. The van der Waals surface area contributed by atoms with E-state index in [9.17, 15) is 4.39 Å². The zero-order chi connectivity index (χ0) is 15.0. The molecule has 3 aromatic rings. The van der Waals surface area contributed by atoms with E-state index >= 15 is 0 Å². The molecule has 0 unspecified atom stereocenters. The van der Waals surface area contributed by atoms with E-state index in [4.69, 9.17) is 29.6 Å². The summed E-state index contributed by atoms with van der Waals surface area (Å²) in [5, 5.41) is 1.59. The first-order valence-corrected chi connectivity index (χ1v) is 7.16. The first-order valence-electron chi connectivity index (χ1n) is 6.37. The van der Waals surface area contributed by atoms with Gasteiger partial charge in [0.05, 0.1) is 0 Å². The molecule has 0 radical (unpaired) electrons. The smallest absolute Gasteiger partial charge is 0.123 e. The van der Waals surface area contributed by atoms with Gasteiger partial charge in [0.1, 0.15) is 10.8 Å². The Morgan fingerprint density at radius 3 is 2.76 bits per heavy atom. The number of fused-ring (bicyclic) bond motifs is 1. The van der Waals surface area contributed by atoms with Crippen molar-refractivity contribution < 1.29 is 4.39 Å². The average Bonchev–Trinajstić information content (AvgIpc) is 2.85. The third kappa shape index (κ3) is 2.77. The molecule has 0 fully saturated rings. The predicted octanol–water partition coefficient (Wildman–Crippen LogP) is 4.12. The van der Waals surface area contributed by atoms with Crippen molar-refractivity contribution in [2.75, 3.05) is 0 Å². The van der Waals surface area contributed by atoms with Gasteiger partial charge >= 0.3 is 0 Å². The number of nitrogens with zero attached hydrogens (tertiary/aromatic N) is 1. The van der Waals surface area contributed by atoms with Gasteiger partial charge < -0.3 is 10.3 Å². The van der Waals surface area contributed by atoms with Gasteiger partial charge in [0.25, 0.3) is 0 Å². The fourth-order valence-corrected chi connectivity index (χ4v) is 2.64. The molecule has 0 atom stereocenters. The molecular weight excluding hydrogens is 307 g/mol. The molecule has 0 aliphatic carbocycles. The van der Waals surface area contributed by atoms with Crippen molar-refractivity contribution in [3.05, 3.63) is 70.6 Å². The minimum Gasteiger partial charge on any atom is -0.389 e. The second kappa shape index (κ2) is 5.47. The number of hydrogen-bond acceptors (Lipinski definition) is 1. The molecule has 1 aromatic heterocycles. The van der Waals surface area contributed by atoms with Crippen molar-refractivity contribution in [3.8, 4) is 0 Å². The molecule has 2 nitrogen and oxygen atoms in total. The molecule has 3 rings (SSSR count). The van der Waals surface area contributed by atoms with E-state index < -0.39 is 0 Å². The van der Waals surface area contributed by atoms with Gasteiger partial charge in [-0.05, 0) is 48.0 Å². The first kappa shape index (κ1) is 14.0. The zero-order valence-corrected chi connectivity index (χ0v) is 12.6. The minimum atomic E-state index is -0.290. The van der Waals surface area contributed by atoms with Crippen LogP contribution in [0.15, 0.2) is 48.7 Å². The van der Waals surface area contributed by atoms with Crippen molar-refractivity contribution in [3.63, 3.8) is 0 Å². The van der Waals surface area contributed by atoms with E-state index in [1.54, 1.807) is 6.07 Å². The van der Waals surface area contributed by atoms with E-state index in [0.29, 0.717) is 16.6 Å². The lowest BCUT2D eigenvalue weighted by atomic mass is 10.1. The van der Waals surface area contributed by atoms with Crippen LogP contribution < -0.4 is 5.73 Å². The van der Waals surface area contributed by atoms with Gasteiger partial charge in [-0.2, -0.15) is 0 Å². The Kier molecular flexibility index (Phi) is 3.66. The van der Waals surface area contributed by atoms with Crippen molar-refractivity contribution in [1.82, 2.24) is 4.57 Å². The Bertz CT molecular complexity index is 841. The Morgan fingerprint density at radius 1 is 1.19 bits per heavy atom. The van der Waals surface area contributed by atoms with Crippen LogP contribution in [-0.4, -0.2) is 9.56 Å². The maximum Gasteiger partial charge on any atom is 0.123 e. The lowest BCUT2D eigenvalue weighted by molar-refractivity contribution is 0.624. The van der Waals surface area contributed by atoms with Crippen molar-refractivity contribution in [2.24, 2.45) is 5.73 Å². The predicted molar refractivity (Wildman–Crippen MR) is 88.3 cm³/mol. The van der Waals surface area contributed by atoms with Gasteiger partial charge in [-0.15, -0.1) is 0 Å². The Morgan fingerprint density at radius 2 is 2.00 bits per heavy atom. The highest BCUT2D eigenvalue weighted by Gasteiger charge is 2.07. The summed E-state index contributed by atoms with van der Waals surface area (Å²) in [7, 11) is 0. The minimum absolute atomic E-state index is 0.290. The molecule has 0 bridgehead atoms. The molecule has 2 aromatic carbocycles. The fourth-order valence-electron chi connectivity index (χ4n) is 2.34. The van der Waals surface area contributed by atoms with Crippen LogP contribution in [0.2, 0.25) is 5.02 Å². The fraction of sp³-hybridized carbons (Fsp3) is 0.0625. The van der Waals surface area contributed by atoms with E-state index in [0.717, 1.165) is 22.0 Å². The van der Waals surface area contributed by atoms with Crippen LogP contribution in [0.4, 0.5) is 4.39 Å². The largest absolute Gasteiger partial charge is 0.389 e. The third-order valence-electron chi connectivity index (χ3n) is 3.40. The summed E-state index contributed by atoms with van der Waals surface area (Å²) in [6.07, 6.45) is 1.94. The lowest BCUT2D eigenvalue weighted by Crippen LogP contribution is -2.08. The zero-order valence-electron chi connectivity index (χ0n) is 11.0. The number of aromatic nitrogens is 1. The molecule has 0 saturated heterocycles. The van der Waals surface area contributed by atoms with Crippen molar-refractivity contribution >= 4 is 39.7 Å². The molecule has 2 N–H and O–H groups in total. The van der Waals surface area contributed by atoms with Crippen LogP contribution in [0.3, 0.4) is 0 Å². The summed E-state index contributed by atoms with van der Waals surface area (Å²) in [5.41, 5.74) is 8.24. The summed E-state index contributed by atoms with van der Waals surface area (Å²) in [4.78, 5) is 0.373. The van der Waals surface area contributed by atoms with Crippen LogP contribution in [-0.2, 0) is 6.54 Å². The molecule has 106 valence electrons. The SMILES string of the molecule is NC(=S)c1ccc2c(ccn2Cc2cc(F)ccc2Cl)c1. The number of rotatable bonds is 3. The molecular formula is C16H12ClFN2S. The molecule has 0 spiro atoms. The summed E-state index contributed by atoms with van der Waals surface area (Å²) in [6.45, 7) is 0.506. The van der Waals surface area contributed by atoms with Gasteiger partial charge in [0.15, 0.2) is 0 Å². The quantitative estimate of drug-likeness (QED) is 0.737. The van der Waals surface area contributed by atoms with E-state index in [1.165, 1.54) is 12.1 Å². The summed E-state index contributed by atoms with van der Waals surface area (Å²) < 4.78 is 15.3. The van der Waals surface area contributed by atoms with E-state index in [2.05, 4.69) is 0 Å². The molecule has 0 saturated carbocycles. The lowest BCUT2D eigenvalue weighted by Gasteiger charge is -2.08. The van der Waals surface area contributed by atoms with Gasteiger partial charge in [-0.25, -0.2) is 4.39 Å². The average molecular weight is 319 g/mol. The summed E-state index contributed by atoms with van der Waals surface area (Å²) >= 11 is 11.1. The highest BCUT2D eigenvalue weighted by Crippen LogP contribution is 2.22. The van der Waals surface area contributed by atoms with Crippen LogP contribution in [0.1, 0.15) is 11.1 Å². The van der Waals surface area contributed by atoms with Crippen LogP contribution in [0.5, 0.6) is 0 Å². The highest BCUT2D eigenvalue weighted by molar-refractivity contribution is 7.80. The second-order valence-corrected chi connectivity index (χ2v) is 5.66. The maximum absolute atomic E-state index is 13.3. The first-order chi connectivity index (χ1) is 10.0. The number of nitrogens with two attached hydrogens (primary N) is 1.